The Morgan fingerprint density at radius 3 is 2.50 bits per heavy atom. The van der Waals surface area contributed by atoms with Crippen molar-refractivity contribution in [1.82, 2.24) is 0 Å². The quantitative estimate of drug-likeness (QED) is 0.569. The molecule has 1 aromatic rings. The zero-order chi connectivity index (χ0) is 11.5. The number of benzene rings is 1. The van der Waals surface area contributed by atoms with Crippen LogP contribution in [0.25, 0.3) is 0 Å². The lowest BCUT2D eigenvalue weighted by atomic mass is 9.98. The van der Waals surface area contributed by atoms with Gasteiger partial charge in [-0.1, -0.05) is 12.1 Å². The van der Waals surface area contributed by atoms with Crippen LogP contribution in [0, 0.1) is 5.92 Å². The summed E-state index contributed by atoms with van der Waals surface area (Å²) >= 11 is 0. The van der Waals surface area contributed by atoms with E-state index in [0.29, 0.717) is 6.42 Å². The average Bonchev–Trinajstić information content (AvgIpc) is 2.59. The molecule has 0 unspecified atom stereocenters. The maximum atomic E-state index is 11.2. The van der Waals surface area contributed by atoms with Crippen molar-refractivity contribution in [3.63, 3.8) is 0 Å². The van der Waals surface area contributed by atoms with Crippen molar-refractivity contribution in [2.75, 3.05) is 7.11 Å². The Labute approximate surface area is 93.2 Å². The van der Waals surface area contributed by atoms with Gasteiger partial charge in [-0.25, -0.2) is 0 Å². The van der Waals surface area contributed by atoms with Gasteiger partial charge >= 0.3 is 11.9 Å². The first kappa shape index (κ1) is 10.7. The highest BCUT2D eigenvalue weighted by Gasteiger charge is 2.33. The SMILES string of the molecule is COc1ccc(C[C@@H]2CC(=O)OC2=O)cc1. The first-order valence-corrected chi connectivity index (χ1v) is 5.06. The van der Waals surface area contributed by atoms with Crippen LogP contribution in [0.4, 0.5) is 0 Å². The minimum Gasteiger partial charge on any atom is -0.497 e. The Morgan fingerprint density at radius 1 is 1.31 bits per heavy atom. The molecule has 1 atom stereocenters. The van der Waals surface area contributed by atoms with Gasteiger partial charge in [-0.3, -0.25) is 9.59 Å². The normalized spacial score (nSPS) is 19.7. The predicted octanol–water partition coefficient (Wildman–Crippen LogP) is 1.33. The number of rotatable bonds is 3. The molecule has 0 spiro atoms. The maximum absolute atomic E-state index is 11.2. The Morgan fingerprint density at radius 2 is 2.00 bits per heavy atom. The van der Waals surface area contributed by atoms with Gasteiger partial charge in [0.15, 0.2) is 0 Å². The molecule has 0 amide bonds. The van der Waals surface area contributed by atoms with Gasteiger partial charge < -0.3 is 9.47 Å². The van der Waals surface area contributed by atoms with E-state index in [1.807, 2.05) is 24.3 Å². The Hall–Kier alpha value is -1.84. The number of hydrogen-bond donors (Lipinski definition) is 0. The molecule has 1 saturated heterocycles. The number of hydrogen-bond acceptors (Lipinski definition) is 4. The van der Waals surface area contributed by atoms with Crippen LogP contribution in [0.15, 0.2) is 24.3 Å². The minimum absolute atomic E-state index is 0.185. The second-order valence-corrected chi connectivity index (χ2v) is 3.75. The van der Waals surface area contributed by atoms with Crippen LogP contribution in [0.2, 0.25) is 0 Å². The number of carbonyl (C=O) groups is 2. The monoisotopic (exact) mass is 220 g/mol. The second kappa shape index (κ2) is 4.35. The van der Waals surface area contributed by atoms with E-state index in [0.717, 1.165) is 11.3 Å². The van der Waals surface area contributed by atoms with Gasteiger partial charge in [-0.15, -0.1) is 0 Å². The maximum Gasteiger partial charge on any atom is 0.317 e. The first-order valence-electron chi connectivity index (χ1n) is 5.06. The Balaban J connectivity index is 2.03. The zero-order valence-corrected chi connectivity index (χ0v) is 8.93. The van der Waals surface area contributed by atoms with E-state index in [2.05, 4.69) is 4.74 Å². The molecule has 0 saturated carbocycles. The highest BCUT2D eigenvalue weighted by Crippen LogP contribution is 2.22. The molecule has 4 nitrogen and oxygen atoms in total. The van der Waals surface area contributed by atoms with Crippen LogP contribution in [-0.4, -0.2) is 19.0 Å². The van der Waals surface area contributed by atoms with Crippen LogP contribution in [0.1, 0.15) is 12.0 Å². The lowest BCUT2D eigenvalue weighted by molar-refractivity contribution is -0.153. The van der Waals surface area contributed by atoms with E-state index < -0.39 is 11.9 Å². The fraction of sp³-hybridized carbons (Fsp3) is 0.333. The van der Waals surface area contributed by atoms with E-state index in [1.165, 1.54) is 0 Å². The summed E-state index contributed by atoms with van der Waals surface area (Å²) in [5, 5.41) is 0. The summed E-state index contributed by atoms with van der Waals surface area (Å²) in [7, 11) is 1.60. The minimum atomic E-state index is -0.427. The van der Waals surface area contributed by atoms with Crippen molar-refractivity contribution in [1.29, 1.82) is 0 Å². The van der Waals surface area contributed by atoms with E-state index >= 15 is 0 Å². The fourth-order valence-corrected chi connectivity index (χ4v) is 1.72. The summed E-state index contributed by atoms with van der Waals surface area (Å²) in [4.78, 5) is 22.1. The van der Waals surface area contributed by atoms with E-state index in [-0.39, 0.29) is 12.3 Å². The molecule has 16 heavy (non-hydrogen) atoms. The summed E-state index contributed by atoms with van der Waals surface area (Å²) in [6, 6.07) is 7.43. The molecule has 1 aromatic carbocycles. The van der Waals surface area contributed by atoms with Gasteiger partial charge in [0, 0.05) is 0 Å². The second-order valence-electron chi connectivity index (χ2n) is 3.75. The van der Waals surface area contributed by atoms with Crippen molar-refractivity contribution in [2.24, 2.45) is 5.92 Å². The lowest BCUT2D eigenvalue weighted by Crippen LogP contribution is -2.10. The third kappa shape index (κ3) is 2.21. The molecule has 0 radical (unpaired) electrons. The van der Waals surface area contributed by atoms with Gasteiger partial charge in [-0.05, 0) is 24.1 Å². The first-order chi connectivity index (χ1) is 7.69. The molecule has 1 aliphatic heterocycles. The summed E-state index contributed by atoms with van der Waals surface area (Å²) < 4.78 is 9.52. The Bertz CT molecular complexity index is 408. The molecule has 2 rings (SSSR count). The fourth-order valence-electron chi connectivity index (χ4n) is 1.72. The van der Waals surface area contributed by atoms with Crippen LogP contribution in [0.5, 0.6) is 5.75 Å². The largest absolute Gasteiger partial charge is 0.497 e. The molecule has 4 heteroatoms. The van der Waals surface area contributed by atoms with Gasteiger partial charge in [-0.2, -0.15) is 0 Å². The lowest BCUT2D eigenvalue weighted by Gasteiger charge is -2.05. The van der Waals surface area contributed by atoms with E-state index in [4.69, 9.17) is 4.74 Å². The summed E-state index contributed by atoms with van der Waals surface area (Å²) in [6.45, 7) is 0. The summed E-state index contributed by atoms with van der Waals surface area (Å²) in [6.07, 6.45) is 0.722. The molecule has 1 aliphatic rings. The van der Waals surface area contributed by atoms with Crippen molar-refractivity contribution >= 4 is 11.9 Å². The molecule has 84 valence electrons. The third-order valence-electron chi connectivity index (χ3n) is 2.60. The number of methoxy groups -OCH3 is 1. The molecule has 0 N–H and O–H groups in total. The number of ether oxygens (including phenoxy) is 2. The number of cyclic esters (lactones) is 2. The van der Waals surface area contributed by atoms with Crippen molar-refractivity contribution in [2.45, 2.75) is 12.8 Å². The highest BCUT2D eigenvalue weighted by atomic mass is 16.6. The predicted molar refractivity (Wildman–Crippen MR) is 55.9 cm³/mol. The van der Waals surface area contributed by atoms with Crippen molar-refractivity contribution in [3.8, 4) is 5.75 Å². The van der Waals surface area contributed by atoms with Crippen LogP contribution < -0.4 is 4.74 Å². The molecule has 1 heterocycles. The third-order valence-corrected chi connectivity index (χ3v) is 2.60. The standard InChI is InChI=1S/C12H12O4/c1-15-10-4-2-8(3-5-10)6-9-7-11(13)16-12(9)14/h2-5,9H,6-7H2,1H3/t9-/m1/s1. The van der Waals surface area contributed by atoms with Crippen LogP contribution in [-0.2, 0) is 20.7 Å². The number of carbonyl (C=O) groups excluding carboxylic acids is 2. The molecule has 1 fully saturated rings. The molecule has 0 bridgehead atoms. The Kier molecular flexibility index (Phi) is 2.90. The van der Waals surface area contributed by atoms with Crippen LogP contribution >= 0.6 is 0 Å². The average molecular weight is 220 g/mol. The summed E-state index contributed by atoms with van der Waals surface area (Å²) in [5.41, 5.74) is 0.998. The summed E-state index contributed by atoms with van der Waals surface area (Å²) in [5.74, 6) is -0.404. The van der Waals surface area contributed by atoms with Crippen molar-refractivity contribution < 1.29 is 19.1 Å². The van der Waals surface area contributed by atoms with E-state index in [9.17, 15) is 9.59 Å². The number of esters is 2. The van der Waals surface area contributed by atoms with E-state index in [1.54, 1.807) is 7.11 Å². The molecule has 0 aliphatic carbocycles. The van der Waals surface area contributed by atoms with Gasteiger partial charge in [0.25, 0.3) is 0 Å². The van der Waals surface area contributed by atoms with Gasteiger partial charge in [0.05, 0.1) is 19.4 Å². The molecular formula is C12H12O4. The van der Waals surface area contributed by atoms with Crippen LogP contribution in [0.3, 0.4) is 0 Å². The zero-order valence-electron chi connectivity index (χ0n) is 8.93. The van der Waals surface area contributed by atoms with Crippen molar-refractivity contribution in [3.05, 3.63) is 29.8 Å². The molecule has 0 aromatic heterocycles. The smallest absolute Gasteiger partial charge is 0.317 e. The molecular weight excluding hydrogens is 208 g/mol. The van der Waals surface area contributed by atoms with Gasteiger partial charge in [0.1, 0.15) is 5.75 Å². The highest BCUT2D eigenvalue weighted by molar-refractivity contribution is 5.94. The topological polar surface area (TPSA) is 52.6 Å². The van der Waals surface area contributed by atoms with Gasteiger partial charge in [0.2, 0.25) is 0 Å².